The fourth-order valence-electron chi connectivity index (χ4n) is 4.52. The van der Waals surface area contributed by atoms with Gasteiger partial charge in [-0.3, -0.25) is 9.69 Å². The molecule has 1 aliphatic heterocycles. The number of ketones is 1. The Bertz CT molecular complexity index is 1270. The van der Waals surface area contributed by atoms with Crippen LogP contribution in [0.2, 0.25) is 0 Å². The van der Waals surface area contributed by atoms with Crippen LogP contribution >= 0.6 is 0 Å². The number of fused-ring (bicyclic) bond motifs is 2. The second kappa shape index (κ2) is 7.78. The fraction of sp³-hybridized carbons (Fsp3) is 0.320. The summed E-state index contributed by atoms with van der Waals surface area (Å²) in [5, 5.41) is 5.45. The molecular formula is C25H26N4O2. The van der Waals surface area contributed by atoms with Gasteiger partial charge in [0.2, 0.25) is 5.82 Å². The van der Waals surface area contributed by atoms with Crippen molar-refractivity contribution in [2.75, 3.05) is 13.1 Å². The van der Waals surface area contributed by atoms with Gasteiger partial charge in [0.15, 0.2) is 0 Å². The van der Waals surface area contributed by atoms with Crippen molar-refractivity contribution < 1.29 is 9.32 Å². The van der Waals surface area contributed by atoms with Crippen molar-refractivity contribution in [2.45, 2.75) is 39.8 Å². The number of hydrogen-bond acceptors (Lipinski definition) is 5. The van der Waals surface area contributed by atoms with Gasteiger partial charge in [0.05, 0.1) is 6.54 Å². The Hall–Kier alpha value is -3.25. The molecule has 158 valence electrons. The molecule has 0 spiro atoms. The van der Waals surface area contributed by atoms with Gasteiger partial charge in [-0.2, -0.15) is 4.98 Å². The van der Waals surface area contributed by atoms with Gasteiger partial charge in [-0.15, -0.1) is 0 Å². The van der Waals surface area contributed by atoms with Gasteiger partial charge in [-0.05, 0) is 62.6 Å². The molecule has 6 heteroatoms. The van der Waals surface area contributed by atoms with E-state index in [1.54, 1.807) is 6.92 Å². The van der Waals surface area contributed by atoms with Crippen molar-refractivity contribution in [2.24, 2.45) is 0 Å². The van der Waals surface area contributed by atoms with Crippen LogP contribution in [0.15, 0.2) is 53.2 Å². The third kappa shape index (κ3) is 3.68. The Morgan fingerprint density at radius 1 is 1.19 bits per heavy atom. The first-order chi connectivity index (χ1) is 15.0. The summed E-state index contributed by atoms with van der Waals surface area (Å²) < 4.78 is 7.90. The number of benzene rings is 2. The maximum atomic E-state index is 11.5. The van der Waals surface area contributed by atoms with Crippen molar-refractivity contribution in [3.05, 3.63) is 59.8 Å². The predicted octanol–water partition coefficient (Wildman–Crippen LogP) is 4.89. The summed E-state index contributed by atoms with van der Waals surface area (Å²) in [6, 6.07) is 15.0. The lowest BCUT2D eigenvalue weighted by Crippen LogP contribution is -2.34. The highest BCUT2D eigenvalue weighted by atomic mass is 16.5. The van der Waals surface area contributed by atoms with E-state index in [4.69, 9.17) is 9.51 Å². The molecule has 4 aromatic rings. The van der Waals surface area contributed by atoms with Crippen molar-refractivity contribution in [3.8, 4) is 22.8 Å². The first kappa shape index (κ1) is 19.7. The number of carbonyl (C=O) groups is 1. The van der Waals surface area contributed by atoms with E-state index in [9.17, 15) is 4.79 Å². The van der Waals surface area contributed by atoms with Crippen molar-refractivity contribution in [1.82, 2.24) is 19.6 Å². The van der Waals surface area contributed by atoms with Gasteiger partial charge in [-0.1, -0.05) is 23.4 Å². The first-order valence-electron chi connectivity index (χ1n) is 10.8. The normalized spacial score (nSPS) is 14.3. The monoisotopic (exact) mass is 414 g/mol. The van der Waals surface area contributed by atoms with Crippen LogP contribution in [0.1, 0.15) is 37.9 Å². The molecular weight excluding hydrogens is 388 g/mol. The minimum atomic E-state index is 0.197. The van der Waals surface area contributed by atoms with E-state index in [1.807, 2.05) is 12.1 Å². The average Bonchev–Trinajstić information content (AvgIpc) is 3.39. The number of nitrogens with zero attached hydrogens (tertiary/aromatic N) is 4. The van der Waals surface area contributed by atoms with Crippen LogP contribution in [-0.2, 0) is 17.8 Å². The van der Waals surface area contributed by atoms with Gasteiger partial charge in [0.25, 0.3) is 5.89 Å². The maximum Gasteiger partial charge on any atom is 0.258 e. The minimum absolute atomic E-state index is 0.197. The summed E-state index contributed by atoms with van der Waals surface area (Å²) in [5.41, 5.74) is 5.62. The molecule has 0 bridgehead atoms. The Kier molecular flexibility index (Phi) is 4.94. The Balaban J connectivity index is 1.45. The maximum absolute atomic E-state index is 11.5. The number of carbonyl (C=O) groups excluding carboxylic acids is 1. The number of Topliss-reactive ketones (excluding diaryl/α,β-unsaturated/α-hetero) is 1. The summed E-state index contributed by atoms with van der Waals surface area (Å²) in [6.07, 6.45) is 2.99. The third-order valence-corrected chi connectivity index (χ3v) is 5.98. The molecule has 0 unspecified atom stereocenters. The smallest absolute Gasteiger partial charge is 0.258 e. The minimum Gasteiger partial charge on any atom is -0.345 e. The third-order valence-electron chi connectivity index (χ3n) is 5.98. The van der Waals surface area contributed by atoms with Gasteiger partial charge < -0.3 is 9.09 Å². The lowest BCUT2D eigenvalue weighted by molar-refractivity contribution is -0.118. The van der Waals surface area contributed by atoms with Crippen LogP contribution in [0.4, 0.5) is 0 Å². The summed E-state index contributed by atoms with van der Waals surface area (Å²) in [4.78, 5) is 18.4. The number of hydrogen-bond donors (Lipinski definition) is 0. The van der Waals surface area contributed by atoms with E-state index in [1.165, 1.54) is 16.6 Å². The first-order valence-corrected chi connectivity index (χ1v) is 10.8. The molecule has 0 aliphatic carbocycles. The molecule has 2 aromatic carbocycles. The summed E-state index contributed by atoms with van der Waals surface area (Å²) in [7, 11) is 0. The van der Waals surface area contributed by atoms with E-state index in [2.05, 4.69) is 65.0 Å². The lowest BCUT2D eigenvalue weighted by atomic mass is 9.94. The molecule has 0 saturated heterocycles. The molecule has 0 atom stereocenters. The van der Waals surface area contributed by atoms with Crippen LogP contribution < -0.4 is 0 Å². The SMILES string of the molecule is CC(=O)CN1CCc2c(cccc2-c2noc(-c3ccc4c(ccn4C(C)C)c3)n2)C1. The fourth-order valence-corrected chi connectivity index (χ4v) is 4.52. The Labute approximate surface area is 181 Å². The highest BCUT2D eigenvalue weighted by Crippen LogP contribution is 2.31. The van der Waals surface area contributed by atoms with E-state index < -0.39 is 0 Å². The quantitative estimate of drug-likeness (QED) is 0.465. The molecule has 0 saturated carbocycles. The van der Waals surface area contributed by atoms with Gasteiger partial charge in [-0.25, -0.2) is 0 Å². The van der Waals surface area contributed by atoms with Gasteiger partial charge in [0.1, 0.15) is 5.78 Å². The van der Waals surface area contributed by atoms with Crippen LogP contribution in [-0.4, -0.2) is 38.5 Å². The highest BCUT2D eigenvalue weighted by molar-refractivity contribution is 5.84. The molecule has 6 nitrogen and oxygen atoms in total. The molecule has 1 aliphatic rings. The highest BCUT2D eigenvalue weighted by Gasteiger charge is 2.22. The predicted molar refractivity (Wildman–Crippen MR) is 121 cm³/mol. The molecule has 5 rings (SSSR count). The summed E-state index contributed by atoms with van der Waals surface area (Å²) >= 11 is 0. The molecule has 0 amide bonds. The molecule has 2 aromatic heterocycles. The summed E-state index contributed by atoms with van der Waals surface area (Å²) in [5.74, 6) is 1.34. The molecule has 31 heavy (non-hydrogen) atoms. The topological polar surface area (TPSA) is 64.2 Å². The van der Waals surface area contributed by atoms with Crippen LogP contribution in [0.5, 0.6) is 0 Å². The second-order valence-corrected chi connectivity index (χ2v) is 8.62. The van der Waals surface area contributed by atoms with Crippen molar-refractivity contribution in [3.63, 3.8) is 0 Å². The van der Waals surface area contributed by atoms with Crippen LogP contribution in [0.25, 0.3) is 33.7 Å². The van der Waals surface area contributed by atoms with Crippen LogP contribution in [0.3, 0.4) is 0 Å². The largest absolute Gasteiger partial charge is 0.345 e. The van der Waals surface area contributed by atoms with Gasteiger partial charge >= 0.3 is 0 Å². The second-order valence-electron chi connectivity index (χ2n) is 8.62. The molecule has 0 radical (unpaired) electrons. The van der Waals surface area contributed by atoms with E-state index in [0.29, 0.717) is 24.3 Å². The van der Waals surface area contributed by atoms with E-state index in [0.717, 1.165) is 36.0 Å². The van der Waals surface area contributed by atoms with Crippen LogP contribution in [0, 0.1) is 0 Å². The average molecular weight is 415 g/mol. The molecule has 0 N–H and O–H groups in total. The van der Waals surface area contributed by atoms with E-state index >= 15 is 0 Å². The lowest BCUT2D eigenvalue weighted by Gasteiger charge is -2.28. The molecule has 3 heterocycles. The number of rotatable bonds is 5. The van der Waals surface area contributed by atoms with Gasteiger partial charge in [0, 0.05) is 47.4 Å². The zero-order valence-electron chi connectivity index (χ0n) is 18.1. The van der Waals surface area contributed by atoms with Crippen molar-refractivity contribution >= 4 is 16.7 Å². The van der Waals surface area contributed by atoms with Crippen molar-refractivity contribution in [1.29, 1.82) is 0 Å². The standard InChI is InChI=1S/C25H26N4O2/c1-16(2)29-12-9-18-13-19(7-8-23(18)29)25-26-24(27-31-25)22-6-4-5-20-15-28(14-17(3)30)11-10-21(20)22/h4-9,12-13,16H,10-11,14-15H2,1-3H3. The Morgan fingerprint density at radius 2 is 2.06 bits per heavy atom. The molecule has 0 fully saturated rings. The zero-order valence-corrected chi connectivity index (χ0v) is 18.1. The zero-order chi connectivity index (χ0) is 21.5. The van der Waals surface area contributed by atoms with E-state index in [-0.39, 0.29) is 5.78 Å². The summed E-state index contributed by atoms with van der Waals surface area (Å²) in [6.45, 7) is 8.13. The Morgan fingerprint density at radius 3 is 2.87 bits per heavy atom. The number of aromatic nitrogens is 3.